The molecule has 1 aliphatic heterocycles. The number of hydrogen-bond donors (Lipinski definition) is 2. The molecule has 0 radical (unpaired) electrons. The second-order valence-electron chi connectivity index (χ2n) is 6.60. The minimum Gasteiger partial charge on any atom is -0.508 e. The normalized spacial score (nSPS) is 23.0. The minimum atomic E-state index is -1.36. The smallest absolute Gasteiger partial charge is 0.266 e. The van der Waals surface area contributed by atoms with Crippen LogP contribution in [0.1, 0.15) is 35.4 Å². The maximum Gasteiger partial charge on any atom is 0.266 e. The van der Waals surface area contributed by atoms with Crippen molar-refractivity contribution in [1.82, 2.24) is 4.90 Å². The van der Waals surface area contributed by atoms with Gasteiger partial charge in [-0.25, -0.2) is 9.38 Å². The van der Waals surface area contributed by atoms with Crippen molar-refractivity contribution in [3.63, 3.8) is 0 Å². The molecule has 0 bridgehead atoms. The van der Waals surface area contributed by atoms with Crippen molar-refractivity contribution in [3.8, 4) is 5.75 Å². The fourth-order valence-corrected chi connectivity index (χ4v) is 3.36. The summed E-state index contributed by atoms with van der Waals surface area (Å²) >= 11 is 0. The van der Waals surface area contributed by atoms with Crippen LogP contribution in [0.15, 0.2) is 47.5 Å². The second-order valence-corrected chi connectivity index (χ2v) is 6.60. The summed E-state index contributed by atoms with van der Waals surface area (Å²) in [7, 11) is 1.56. The molecule has 1 unspecified atom stereocenters. The predicted octanol–water partition coefficient (Wildman–Crippen LogP) is 2.44. The minimum absolute atomic E-state index is 0.0902. The first-order chi connectivity index (χ1) is 11.9. The number of benzene rings is 2. The van der Waals surface area contributed by atoms with E-state index in [2.05, 4.69) is 4.99 Å². The Bertz CT molecular complexity index is 890. The quantitative estimate of drug-likeness (QED) is 0.901. The molecule has 2 aliphatic rings. The lowest BCUT2D eigenvalue weighted by Gasteiger charge is -2.26. The number of nitrogens with two attached hydrogens (primary N) is 1. The van der Waals surface area contributed by atoms with E-state index in [9.17, 15) is 14.3 Å². The lowest BCUT2D eigenvalue weighted by atomic mass is 9.81. The van der Waals surface area contributed by atoms with Crippen molar-refractivity contribution < 1.29 is 14.3 Å². The zero-order valence-electron chi connectivity index (χ0n) is 13.7. The number of guanidine groups is 1. The summed E-state index contributed by atoms with van der Waals surface area (Å²) in [5.41, 5.74) is 6.34. The van der Waals surface area contributed by atoms with Crippen molar-refractivity contribution >= 4 is 11.9 Å². The number of likely N-dealkylation sites (N-methyl/N-ethyl adjacent to an activating group) is 1. The van der Waals surface area contributed by atoms with Gasteiger partial charge in [0.2, 0.25) is 0 Å². The van der Waals surface area contributed by atoms with Gasteiger partial charge in [0, 0.05) is 7.05 Å². The van der Waals surface area contributed by atoms with E-state index in [1.54, 1.807) is 31.3 Å². The molecular weight excluding hydrogens is 321 g/mol. The average Bonchev–Trinajstić information content (AvgIpc) is 3.41. The number of nitrogens with zero attached hydrogens (tertiary/aromatic N) is 2. The highest BCUT2D eigenvalue weighted by molar-refractivity contribution is 6.08. The fourth-order valence-electron chi connectivity index (χ4n) is 3.36. The first-order valence-corrected chi connectivity index (χ1v) is 8.16. The molecule has 0 aromatic heterocycles. The van der Waals surface area contributed by atoms with E-state index in [0.717, 1.165) is 12.8 Å². The van der Waals surface area contributed by atoms with Crippen LogP contribution < -0.4 is 5.73 Å². The Balaban J connectivity index is 1.95. The van der Waals surface area contributed by atoms with Gasteiger partial charge in [-0.15, -0.1) is 0 Å². The topological polar surface area (TPSA) is 78.9 Å². The summed E-state index contributed by atoms with van der Waals surface area (Å²) in [4.78, 5) is 18.8. The van der Waals surface area contributed by atoms with Gasteiger partial charge >= 0.3 is 0 Å². The summed E-state index contributed by atoms with van der Waals surface area (Å²) in [6.07, 6.45) is 1.90. The molecule has 3 N–H and O–H groups in total. The summed E-state index contributed by atoms with van der Waals surface area (Å²) < 4.78 is 14.2. The molecule has 1 fully saturated rings. The molecule has 1 atom stereocenters. The van der Waals surface area contributed by atoms with Crippen LogP contribution in [0.25, 0.3) is 0 Å². The fraction of sp³-hybridized carbons (Fsp3) is 0.263. The number of phenols is 1. The van der Waals surface area contributed by atoms with Crippen LogP contribution >= 0.6 is 0 Å². The van der Waals surface area contributed by atoms with Gasteiger partial charge < -0.3 is 10.8 Å². The standard InChI is InChI=1S/C19H18FN3O2/c1-23-17(25)19(22-18(23)21,12-4-7-14(24)8-5-12)13-6-9-16(20)15(10-13)11-2-3-11/h4-11,24H,2-3H2,1H3,(H2,21,22). The molecule has 1 saturated carbocycles. The van der Waals surface area contributed by atoms with Crippen LogP contribution in [0.4, 0.5) is 4.39 Å². The molecule has 5 nitrogen and oxygen atoms in total. The molecule has 2 aromatic carbocycles. The van der Waals surface area contributed by atoms with Crippen molar-refractivity contribution in [3.05, 3.63) is 65.0 Å². The van der Waals surface area contributed by atoms with E-state index in [1.807, 2.05) is 0 Å². The molecule has 2 aromatic rings. The van der Waals surface area contributed by atoms with Crippen molar-refractivity contribution in [2.75, 3.05) is 7.05 Å². The average molecular weight is 339 g/mol. The third-order valence-corrected chi connectivity index (χ3v) is 4.96. The summed E-state index contributed by atoms with van der Waals surface area (Å²) in [5, 5.41) is 9.58. The van der Waals surface area contributed by atoms with E-state index in [-0.39, 0.29) is 29.4 Å². The molecule has 1 amide bonds. The van der Waals surface area contributed by atoms with E-state index in [4.69, 9.17) is 5.73 Å². The Morgan fingerprint density at radius 1 is 1.20 bits per heavy atom. The summed E-state index contributed by atoms with van der Waals surface area (Å²) in [6, 6.07) is 11.0. The molecule has 1 heterocycles. The number of carbonyl (C=O) groups is 1. The maximum absolute atomic E-state index is 14.2. The lowest BCUT2D eigenvalue weighted by molar-refractivity contribution is -0.129. The SMILES string of the molecule is CN1C(=O)C(c2ccc(O)cc2)(c2ccc(F)c(C3CC3)c2)N=C1N. The number of carbonyl (C=O) groups excluding carboxylic acids is 1. The first-order valence-electron chi connectivity index (χ1n) is 8.16. The third-order valence-electron chi connectivity index (χ3n) is 4.96. The Morgan fingerprint density at radius 2 is 1.84 bits per heavy atom. The Hall–Kier alpha value is -2.89. The van der Waals surface area contributed by atoms with Gasteiger partial charge in [-0.2, -0.15) is 0 Å². The zero-order valence-corrected chi connectivity index (χ0v) is 13.7. The molecule has 128 valence electrons. The molecular formula is C19H18FN3O2. The van der Waals surface area contributed by atoms with E-state index in [0.29, 0.717) is 16.7 Å². The van der Waals surface area contributed by atoms with Crippen molar-refractivity contribution in [2.45, 2.75) is 24.3 Å². The predicted molar refractivity (Wildman–Crippen MR) is 91.7 cm³/mol. The summed E-state index contributed by atoms with van der Waals surface area (Å²) in [5.74, 6) is -0.165. The lowest BCUT2D eigenvalue weighted by Crippen LogP contribution is -2.41. The van der Waals surface area contributed by atoms with Crippen LogP contribution in [0.3, 0.4) is 0 Å². The number of hydrogen-bond acceptors (Lipinski definition) is 4. The number of aliphatic imine (C=N–C) groups is 1. The third kappa shape index (κ3) is 2.28. The van der Waals surface area contributed by atoms with E-state index in [1.165, 1.54) is 23.1 Å². The zero-order chi connectivity index (χ0) is 17.8. The highest BCUT2D eigenvalue weighted by Gasteiger charge is 2.50. The van der Waals surface area contributed by atoms with Crippen LogP contribution in [0.5, 0.6) is 5.75 Å². The van der Waals surface area contributed by atoms with Gasteiger partial charge in [-0.3, -0.25) is 9.69 Å². The van der Waals surface area contributed by atoms with Gasteiger partial charge in [-0.1, -0.05) is 18.2 Å². The molecule has 1 aliphatic carbocycles. The number of phenolic OH excluding ortho intramolecular Hbond substituents is 1. The molecule has 4 rings (SSSR count). The van der Waals surface area contributed by atoms with E-state index >= 15 is 0 Å². The van der Waals surface area contributed by atoms with Crippen molar-refractivity contribution in [1.29, 1.82) is 0 Å². The van der Waals surface area contributed by atoms with Gasteiger partial charge in [0.1, 0.15) is 11.6 Å². The summed E-state index contributed by atoms with van der Waals surface area (Å²) in [6.45, 7) is 0. The van der Waals surface area contributed by atoms with Gasteiger partial charge in [0.25, 0.3) is 5.91 Å². The first kappa shape index (κ1) is 15.6. The molecule has 25 heavy (non-hydrogen) atoms. The Kier molecular flexibility index (Phi) is 3.32. The molecule has 0 saturated heterocycles. The highest BCUT2D eigenvalue weighted by Crippen LogP contribution is 2.45. The number of halogens is 1. The van der Waals surface area contributed by atoms with Gasteiger partial charge in [0.15, 0.2) is 11.5 Å². The van der Waals surface area contributed by atoms with Crippen LogP contribution in [0, 0.1) is 5.82 Å². The van der Waals surface area contributed by atoms with E-state index < -0.39 is 5.54 Å². The number of rotatable bonds is 3. The Labute approximate surface area is 144 Å². The molecule has 6 heteroatoms. The molecule has 0 spiro atoms. The van der Waals surface area contributed by atoms with Crippen LogP contribution in [-0.2, 0) is 10.3 Å². The number of amides is 1. The van der Waals surface area contributed by atoms with Crippen molar-refractivity contribution in [2.24, 2.45) is 10.7 Å². The highest BCUT2D eigenvalue weighted by atomic mass is 19.1. The maximum atomic E-state index is 14.2. The van der Waals surface area contributed by atoms with Crippen LogP contribution in [0.2, 0.25) is 0 Å². The second kappa shape index (κ2) is 5.31. The monoisotopic (exact) mass is 339 g/mol. The largest absolute Gasteiger partial charge is 0.508 e. The van der Waals surface area contributed by atoms with Gasteiger partial charge in [-0.05, 0) is 59.7 Å². The van der Waals surface area contributed by atoms with Gasteiger partial charge in [0.05, 0.1) is 0 Å². The number of aromatic hydroxyl groups is 1. The van der Waals surface area contributed by atoms with Crippen LogP contribution in [-0.4, -0.2) is 28.9 Å². The Morgan fingerprint density at radius 3 is 2.40 bits per heavy atom.